The maximum Gasteiger partial charge on any atom is 0.295 e. The summed E-state index contributed by atoms with van der Waals surface area (Å²) in [6.07, 6.45) is 0. The number of methoxy groups -OCH3 is 3. The first kappa shape index (κ1) is 22.4. The lowest BCUT2D eigenvalue weighted by molar-refractivity contribution is -0.140. The van der Waals surface area contributed by atoms with E-state index in [1.54, 1.807) is 37.4 Å². The largest absolute Gasteiger partial charge is 0.507 e. The van der Waals surface area contributed by atoms with Crippen molar-refractivity contribution in [1.82, 2.24) is 4.90 Å². The summed E-state index contributed by atoms with van der Waals surface area (Å²) < 4.78 is 15.8. The molecular formula is C24H27NO6. The average molecular weight is 425 g/mol. The molecule has 1 fully saturated rings. The highest BCUT2D eigenvalue weighted by Crippen LogP contribution is 2.41. The minimum absolute atomic E-state index is 0.0227. The molecule has 1 heterocycles. The molecule has 7 nitrogen and oxygen atoms in total. The normalized spacial score (nSPS) is 17.8. The summed E-state index contributed by atoms with van der Waals surface area (Å²) in [6.45, 7) is 4.22. The number of carbonyl (C=O) groups excluding carboxylic acids is 2. The third-order valence-corrected chi connectivity index (χ3v) is 5.39. The molecule has 1 saturated heterocycles. The quantitative estimate of drug-likeness (QED) is 0.416. The fourth-order valence-electron chi connectivity index (χ4n) is 3.98. The van der Waals surface area contributed by atoms with Crippen LogP contribution < -0.4 is 9.47 Å². The lowest BCUT2D eigenvalue weighted by Gasteiger charge is -2.25. The number of ether oxygens (including phenoxy) is 3. The van der Waals surface area contributed by atoms with Gasteiger partial charge in [0, 0.05) is 13.7 Å². The summed E-state index contributed by atoms with van der Waals surface area (Å²) in [6, 6.07) is 9.98. The second-order valence-electron chi connectivity index (χ2n) is 7.42. The summed E-state index contributed by atoms with van der Waals surface area (Å²) in [4.78, 5) is 27.4. The number of benzene rings is 2. The van der Waals surface area contributed by atoms with Gasteiger partial charge in [-0.1, -0.05) is 18.2 Å². The minimum Gasteiger partial charge on any atom is -0.507 e. The summed E-state index contributed by atoms with van der Waals surface area (Å²) in [7, 11) is 4.60. The second-order valence-corrected chi connectivity index (χ2v) is 7.42. The van der Waals surface area contributed by atoms with E-state index in [1.165, 1.54) is 19.1 Å². The number of rotatable bonds is 7. The molecule has 0 aromatic heterocycles. The Balaban J connectivity index is 2.24. The van der Waals surface area contributed by atoms with Gasteiger partial charge in [-0.25, -0.2) is 0 Å². The van der Waals surface area contributed by atoms with Crippen LogP contribution in [0, 0.1) is 13.8 Å². The Morgan fingerprint density at radius 2 is 1.71 bits per heavy atom. The van der Waals surface area contributed by atoms with E-state index in [2.05, 4.69) is 0 Å². The Morgan fingerprint density at radius 1 is 1.03 bits per heavy atom. The van der Waals surface area contributed by atoms with Crippen LogP contribution in [-0.2, 0) is 14.3 Å². The predicted molar refractivity (Wildman–Crippen MR) is 116 cm³/mol. The van der Waals surface area contributed by atoms with E-state index in [4.69, 9.17) is 14.2 Å². The van der Waals surface area contributed by atoms with Crippen LogP contribution in [0.15, 0.2) is 42.0 Å². The maximum atomic E-state index is 13.1. The molecule has 0 aliphatic carbocycles. The van der Waals surface area contributed by atoms with E-state index in [9.17, 15) is 14.7 Å². The zero-order valence-corrected chi connectivity index (χ0v) is 18.4. The van der Waals surface area contributed by atoms with Gasteiger partial charge in [-0.3, -0.25) is 9.59 Å². The van der Waals surface area contributed by atoms with Crippen molar-refractivity contribution in [2.45, 2.75) is 19.9 Å². The third-order valence-electron chi connectivity index (χ3n) is 5.39. The Bertz CT molecular complexity index is 1030. The molecule has 0 spiro atoms. The van der Waals surface area contributed by atoms with Crippen molar-refractivity contribution < 1.29 is 28.9 Å². The number of aryl methyl sites for hydroxylation is 2. The highest BCUT2D eigenvalue weighted by Gasteiger charge is 2.46. The van der Waals surface area contributed by atoms with E-state index in [0.29, 0.717) is 22.6 Å². The number of hydrogen-bond donors (Lipinski definition) is 1. The average Bonchev–Trinajstić information content (AvgIpc) is 3.01. The fraction of sp³-hybridized carbons (Fsp3) is 0.333. The van der Waals surface area contributed by atoms with Gasteiger partial charge in [-0.05, 0) is 48.7 Å². The number of aliphatic hydroxyl groups is 1. The molecule has 1 amide bonds. The van der Waals surface area contributed by atoms with Crippen molar-refractivity contribution in [2.75, 3.05) is 34.5 Å². The molecule has 1 N–H and O–H groups in total. The number of nitrogens with zero attached hydrogens (tertiary/aromatic N) is 1. The lowest BCUT2D eigenvalue weighted by Crippen LogP contribution is -2.32. The highest BCUT2D eigenvalue weighted by molar-refractivity contribution is 6.46. The lowest BCUT2D eigenvalue weighted by atomic mass is 9.93. The first-order valence-corrected chi connectivity index (χ1v) is 9.90. The maximum absolute atomic E-state index is 13.1. The van der Waals surface area contributed by atoms with Crippen LogP contribution >= 0.6 is 0 Å². The molecule has 2 aromatic rings. The van der Waals surface area contributed by atoms with Gasteiger partial charge in [0.05, 0.1) is 38.0 Å². The predicted octanol–water partition coefficient (Wildman–Crippen LogP) is 3.39. The molecule has 1 unspecified atom stereocenters. The van der Waals surface area contributed by atoms with Crippen LogP contribution in [0.3, 0.4) is 0 Å². The molecule has 1 aliphatic heterocycles. The van der Waals surface area contributed by atoms with Gasteiger partial charge in [-0.2, -0.15) is 0 Å². The molecule has 3 rings (SSSR count). The van der Waals surface area contributed by atoms with Gasteiger partial charge in [0.25, 0.3) is 11.7 Å². The molecular weight excluding hydrogens is 398 g/mol. The fourth-order valence-corrected chi connectivity index (χ4v) is 3.98. The molecule has 1 aliphatic rings. The zero-order chi connectivity index (χ0) is 22.7. The van der Waals surface area contributed by atoms with Gasteiger partial charge < -0.3 is 24.2 Å². The van der Waals surface area contributed by atoms with E-state index < -0.39 is 17.7 Å². The minimum atomic E-state index is -0.758. The number of carbonyl (C=O) groups is 2. The van der Waals surface area contributed by atoms with Gasteiger partial charge >= 0.3 is 0 Å². The number of ketones is 1. The van der Waals surface area contributed by atoms with Crippen LogP contribution in [0.5, 0.6) is 11.5 Å². The van der Waals surface area contributed by atoms with Crippen molar-refractivity contribution in [1.29, 1.82) is 0 Å². The van der Waals surface area contributed by atoms with Crippen molar-refractivity contribution in [3.8, 4) is 11.5 Å². The smallest absolute Gasteiger partial charge is 0.295 e. The number of aliphatic hydroxyl groups excluding tert-OH is 1. The Kier molecular flexibility index (Phi) is 6.65. The van der Waals surface area contributed by atoms with Crippen molar-refractivity contribution in [3.05, 3.63) is 64.2 Å². The second kappa shape index (κ2) is 9.22. The van der Waals surface area contributed by atoms with Crippen molar-refractivity contribution in [2.24, 2.45) is 0 Å². The molecule has 0 radical (unpaired) electrons. The van der Waals surface area contributed by atoms with Gasteiger partial charge in [0.1, 0.15) is 17.3 Å². The first-order chi connectivity index (χ1) is 14.8. The standard InChI is InChI=1S/C24H27NO6/c1-14-12-15(2)23(31-5)18(13-14)21(26)19-20(16-6-8-17(30-4)9-7-16)25(10-11-29-3)24(28)22(19)27/h6-9,12-13,20,26H,10-11H2,1-5H3/b21-19+. The van der Waals surface area contributed by atoms with Crippen LogP contribution in [-0.4, -0.2) is 56.2 Å². The van der Waals surface area contributed by atoms with Gasteiger partial charge in [0.15, 0.2) is 0 Å². The number of Topliss-reactive ketones (excluding diaryl/α,β-unsaturated/α-hetero) is 1. The van der Waals surface area contributed by atoms with Crippen LogP contribution in [0.4, 0.5) is 0 Å². The van der Waals surface area contributed by atoms with E-state index in [-0.39, 0.29) is 24.5 Å². The molecule has 31 heavy (non-hydrogen) atoms. The highest BCUT2D eigenvalue weighted by atomic mass is 16.5. The Morgan fingerprint density at radius 3 is 2.29 bits per heavy atom. The monoisotopic (exact) mass is 425 g/mol. The van der Waals surface area contributed by atoms with E-state index >= 15 is 0 Å². The molecule has 0 bridgehead atoms. The van der Waals surface area contributed by atoms with Crippen LogP contribution in [0.1, 0.15) is 28.3 Å². The molecule has 1 atom stereocenters. The summed E-state index contributed by atoms with van der Waals surface area (Å²) in [5.41, 5.74) is 2.80. The number of amides is 1. The van der Waals surface area contributed by atoms with Crippen LogP contribution in [0.25, 0.3) is 5.76 Å². The molecule has 164 valence electrons. The first-order valence-electron chi connectivity index (χ1n) is 9.90. The van der Waals surface area contributed by atoms with Crippen molar-refractivity contribution >= 4 is 17.4 Å². The summed E-state index contributed by atoms with van der Waals surface area (Å²) in [5.74, 6) is -0.575. The topological polar surface area (TPSA) is 85.3 Å². The Labute approximate surface area is 181 Å². The molecule has 0 saturated carbocycles. The van der Waals surface area contributed by atoms with E-state index in [0.717, 1.165) is 11.1 Å². The Hall–Kier alpha value is -3.32. The number of likely N-dealkylation sites (tertiary alicyclic amines) is 1. The summed E-state index contributed by atoms with van der Waals surface area (Å²) >= 11 is 0. The number of hydrogen-bond acceptors (Lipinski definition) is 6. The van der Waals surface area contributed by atoms with Crippen molar-refractivity contribution in [3.63, 3.8) is 0 Å². The molecule has 2 aromatic carbocycles. The SMILES string of the molecule is COCCN1C(=O)C(=O)/C(=C(/O)c2cc(C)cc(C)c2OC)C1c1ccc(OC)cc1. The third kappa shape index (κ3) is 4.14. The van der Waals surface area contributed by atoms with E-state index in [1.807, 2.05) is 19.9 Å². The van der Waals surface area contributed by atoms with Gasteiger partial charge in [-0.15, -0.1) is 0 Å². The zero-order valence-electron chi connectivity index (χ0n) is 18.4. The van der Waals surface area contributed by atoms with Gasteiger partial charge in [0.2, 0.25) is 0 Å². The molecule has 7 heteroatoms. The van der Waals surface area contributed by atoms with Crippen LogP contribution in [0.2, 0.25) is 0 Å². The summed E-state index contributed by atoms with van der Waals surface area (Å²) in [5, 5.41) is 11.3.